The summed E-state index contributed by atoms with van der Waals surface area (Å²) >= 11 is 0. The van der Waals surface area contributed by atoms with Gasteiger partial charge in [0.05, 0.1) is 6.54 Å². The fourth-order valence-electron chi connectivity index (χ4n) is 1.86. The number of carbonyl (C=O) groups is 1. The monoisotopic (exact) mass is 213 g/mol. The van der Waals surface area contributed by atoms with Gasteiger partial charge in [-0.15, -0.1) is 0 Å². The summed E-state index contributed by atoms with van der Waals surface area (Å²) in [7, 11) is 0. The predicted molar refractivity (Wildman–Crippen MR) is 60.7 cm³/mol. The molecule has 0 saturated heterocycles. The van der Waals surface area contributed by atoms with E-state index in [1.165, 1.54) is 12.8 Å². The molecule has 0 atom stereocenters. The molecule has 0 aliphatic heterocycles. The smallest absolute Gasteiger partial charge is 0.320 e. The molecule has 1 saturated carbocycles. The van der Waals surface area contributed by atoms with E-state index in [1.807, 2.05) is 13.8 Å². The molecule has 0 bridgehead atoms. The predicted octanol–water partition coefficient (Wildman–Crippen LogP) is 2.11. The summed E-state index contributed by atoms with van der Waals surface area (Å²) < 4.78 is 5.39. The van der Waals surface area contributed by atoms with Gasteiger partial charge in [0.2, 0.25) is 0 Å². The highest BCUT2D eigenvalue weighted by Crippen LogP contribution is 2.25. The number of hydrogen-bond acceptors (Lipinski definition) is 3. The van der Waals surface area contributed by atoms with E-state index in [2.05, 4.69) is 12.2 Å². The van der Waals surface area contributed by atoms with Crippen molar-refractivity contribution in [3.05, 3.63) is 0 Å². The number of nitrogens with one attached hydrogen (secondary N) is 1. The second-order valence-electron chi connectivity index (χ2n) is 4.91. The Bertz CT molecular complexity index is 196. The van der Waals surface area contributed by atoms with E-state index in [9.17, 15) is 4.79 Å². The van der Waals surface area contributed by atoms with E-state index in [-0.39, 0.29) is 12.1 Å². The van der Waals surface area contributed by atoms with Gasteiger partial charge in [0.15, 0.2) is 0 Å². The molecule has 1 fully saturated rings. The highest BCUT2D eigenvalue weighted by atomic mass is 16.5. The Balaban J connectivity index is 2.15. The summed E-state index contributed by atoms with van der Waals surface area (Å²) in [5.41, 5.74) is 0. The van der Waals surface area contributed by atoms with Crippen molar-refractivity contribution >= 4 is 5.97 Å². The molecule has 0 aromatic carbocycles. The number of hydrogen-bond donors (Lipinski definition) is 1. The lowest BCUT2D eigenvalue weighted by atomic mass is 9.89. The van der Waals surface area contributed by atoms with Crippen LogP contribution in [0.25, 0.3) is 0 Å². The van der Waals surface area contributed by atoms with Crippen LogP contribution in [0.5, 0.6) is 0 Å². The third-order valence-corrected chi connectivity index (χ3v) is 2.92. The van der Waals surface area contributed by atoms with E-state index < -0.39 is 0 Å². The van der Waals surface area contributed by atoms with Crippen molar-refractivity contribution in [2.75, 3.05) is 6.54 Å². The highest BCUT2D eigenvalue weighted by Gasteiger charge is 2.21. The number of rotatable bonds is 4. The van der Waals surface area contributed by atoms with Crippen LogP contribution >= 0.6 is 0 Å². The lowest BCUT2D eigenvalue weighted by Gasteiger charge is -2.26. The van der Waals surface area contributed by atoms with Gasteiger partial charge in [0.1, 0.15) is 6.10 Å². The third-order valence-electron chi connectivity index (χ3n) is 2.92. The summed E-state index contributed by atoms with van der Waals surface area (Å²) in [5, 5.41) is 3.07. The van der Waals surface area contributed by atoms with Gasteiger partial charge in [-0.1, -0.05) is 20.8 Å². The first-order valence-electron chi connectivity index (χ1n) is 6.00. The van der Waals surface area contributed by atoms with Crippen LogP contribution in [0.15, 0.2) is 0 Å². The summed E-state index contributed by atoms with van der Waals surface area (Å²) in [6, 6.07) is 0.337. The number of carbonyl (C=O) groups excluding carboxylic acids is 1. The lowest BCUT2D eigenvalue weighted by molar-refractivity contribution is -0.149. The van der Waals surface area contributed by atoms with E-state index >= 15 is 0 Å². The molecule has 0 unspecified atom stereocenters. The summed E-state index contributed by atoms with van der Waals surface area (Å²) in [6.07, 6.45) is 4.62. The first-order chi connectivity index (χ1) is 7.08. The number of esters is 1. The summed E-state index contributed by atoms with van der Waals surface area (Å²) in [5.74, 6) is 0.692. The van der Waals surface area contributed by atoms with Crippen LogP contribution in [0.3, 0.4) is 0 Å². The SMILES string of the molecule is CC1CCC(OC(=O)CNC(C)C)CC1. The largest absolute Gasteiger partial charge is 0.461 e. The van der Waals surface area contributed by atoms with Gasteiger partial charge in [0.25, 0.3) is 0 Å². The Hall–Kier alpha value is -0.570. The maximum absolute atomic E-state index is 11.4. The minimum atomic E-state index is -0.108. The minimum Gasteiger partial charge on any atom is -0.461 e. The van der Waals surface area contributed by atoms with Gasteiger partial charge in [-0.3, -0.25) is 4.79 Å². The Morgan fingerprint density at radius 1 is 1.33 bits per heavy atom. The molecular formula is C12H23NO2. The lowest BCUT2D eigenvalue weighted by Crippen LogP contribution is -2.33. The molecule has 1 aliphatic rings. The van der Waals surface area contributed by atoms with Crippen molar-refractivity contribution in [1.82, 2.24) is 5.32 Å². The molecule has 1 rings (SSSR count). The quantitative estimate of drug-likeness (QED) is 0.727. The first-order valence-corrected chi connectivity index (χ1v) is 6.00. The fourth-order valence-corrected chi connectivity index (χ4v) is 1.86. The molecule has 3 heteroatoms. The van der Waals surface area contributed by atoms with Crippen LogP contribution in [0.4, 0.5) is 0 Å². The summed E-state index contributed by atoms with van der Waals surface area (Å²) in [4.78, 5) is 11.4. The standard InChI is InChI=1S/C12H23NO2/c1-9(2)13-8-12(14)15-11-6-4-10(3)5-7-11/h9-11,13H,4-8H2,1-3H3. The Morgan fingerprint density at radius 2 is 1.93 bits per heavy atom. The molecular weight excluding hydrogens is 190 g/mol. The molecule has 3 nitrogen and oxygen atoms in total. The van der Waals surface area contributed by atoms with Crippen LogP contribution in [-0.4, -0.2) is 24.7 Å². The average molecular weight is 213 g/mol. The van der Waals surface area contributed by atoms with Gasteiger partial charge in [-0.2, -0.15) is 0 Å². The third kappa shape index (κ3) is 5.17. The molecule has 0 radical (unpaired) electrons. The van der Waals surface area contributed by atoms with Crippen molar-refractivity contribution in [2.24, 2.45) is 5.92 Å². The molecule has 0 heterocycles. The van der Waals surface area contributed by atoms with Gasteiger partial charge >= 0.3 is 5.97 Å². The van der Waals surface area contributed by atoms with Gasteiger partial charge in [0, 0.05) is 6.04 Å². The fraction of sp³-hybridized carbons (Fsp3) is 0.917. The van der Waals surface area contributed by atoms with Crippen molar-refractivity contribution in [2.45, 2.75) is 58.6 Å². The zero-order valence-corrected chi connectivity index (χ0v) is 10.1. The second kappa shape index (κ2) is 6.11. The van der Waals surface area contributed by atoms with Crippen LogP contribution in [0.1, 0.15) is 46.5 Å². The van der Waals surface area contributed by atoms with Crippen LogP contribution in [-0.2, 0) is 9.53 Å². The minimum absolute atomic E-state index is 0.108. The first kappa shape index (κ1) is 12.5. The van der Waals surface area contributed by atoms with Crippen molar-refractivity contribution < 1.29 is 9.53 Å². The molecule has 88 valence electrons. The Labute approximate surface area is 92.6 Å². The zero-order valence-electron chi connectivity index (χ0n) is 10.1. The Morgan fingerprint density at radius 3 is 2.47 bits per heavy atom. The highest BCUT2D eigenvalue weighted by molar-refractivity contribution is 5.71. The molecule has 15 heavy (non-hydrogen) atoms. The molecule has 0 aromatic rings. The van der Waals surface area contributed by atoms with Crippen LogP contribution in [0.2, 0.25) is 0 Å². The van der Waals surface area contributed by atoms with Gasteiger partial charge < -0.3 is 10.1 Å². The van der Waals surface area contributed by atoms with E-state index in [1.54, 1.807) is 0 Å². The van der Waals surface area contributed by atoms with Crippen molar-refractivity contribution in [3.63, 3.8) is 0 Å². The van der Waals surface area contributed by atoms with Gasteiger partial charge in [-0.25, -0.2) is 0 Å². The normalized spacial score (nSPS) is 26.7. The molecule has 1 aliphatic carbocycles. The summed E-state index contributed by atoms with van der Waals surface area (Å²) in [6.45, 7) is 6.65. The average Bonchev–Trinajstić information content (AvgIpc) is 2.19. The molecule has 0 amide bonds. The maximum atomic E-state index is 11.4. The zero-order chi connectivity index (χ0) is 11.3. The topological polar surface area (TPSA) is 38.3 Å². The second-order valence-corrected chi connectivity index (χ2v) is 4.91. The van der Waals surface area contributed by atoms with Gasteiger partial charge in [-0.05, 0) is 31.6 Å². The van der Waals surface area contributed by atoms with Crippen LogP contribution < -0.4 is 5.32 Å². The van der Waals surface area contributed by atoms with E-state index in [4.69, 9.17) is 4.74 Å². The molecule has 1 N–H and O–H groups in total. The Kier molecular flexibility index (Phi) is 5.09. The maximum Gasteiger partial charge on any atom is 0.320 e. The van der Waals surface area contributed by atoms with Crippen LogP contribution in [0, 0.1) is 5.92 Å². The van der Waals surface area contributed by atoms with E-state index in [0.29, 0.717) is 12.6 Å². The molecule has 0 spiro atoms. The van der Waals surface area contributed by atoms with Crippen molar-refractivity contribution in [1.29, 1.82) is 0 Å². The molecule has 0 aromatic heterocycles. The van der Waals surface area contributed by atoms with E-state index in [0.717, 1.165) is 18.8 Å². The van der Waals surface area contributed by atoms with Crippen molar-refractivity contribution in [3.8, 4) is 0 Å². The number of ether oxygens (including phenoxy) is 1.